The number of hydrogen-bond acceptors (Lipinski definition) is 5. The lowest BCUT2D eigenvalue weighted by molar-refractivity contribution is 0.0975. The summed E-state index contributed by atoms with van der Waals surface area (Å²) in [7, 11) is 0. The van der Waals surface area contributed by atoms with E-state index < -0.39 is 0 Å². The molecule has 0 saturated heterocycles. The minimum Gasteiger partial charge on any atom is -0.487 e. The molecule has 1 aliphatic heterocycles. The fraction of sp³-hybridized carbons (Fsp3) is 0.111. The van der Waals surface area contributed by atoms with Crippen molar-refractivity contribution in [1.82, 2.24) is 0 Å². The Morgan fingerprint density at radius 3 is 2.48 bits per heavy atom. The Kier molecular flexibility index (Phi) is 3.74. The number of furan rings is 2. The minimum absolute atomic E-state index is 0.184. The first-order valence-electron chi connectivity index (χ1n) is 7.67. The van der Waals surface area contributed by atoms with Crippen LogP contribution in [0.25, 0.3) is 0 Å². The molecule has 0 aliphatic carbocycles. The molecule has 0 unspecified atom stereocenters. The molecule has 3 aromatic rings. The summed E-state index contributed by atoms with van der Waals surface area (Å²) in [5.41, 5.74) is 1.95. The average Bonchev–Trinajstić information content (AvgIpc) is 3.34. The van der Waals surface area contributed by atoms with Crippen LogP contribution in [0.3, 0.4) is 0 Å². The van der Waals surface area contributed by atoms with E-state index in [4.69, 9.17) is 13.6 Å². The van der Waals surface area contributed by atoms with Crippen molar-refractivity contribution < 1.29 is 23.2 Å². The first kappa shape index (κ1) is 15.1. The number of benzene rings is 1. The van der Waals surface area contributed by atoms with Crippen LogP contribution in [0.2, 0.25) is 0 Å². The number of carbonyl (C=O) groups is 2. The molecule has 2 aromatic heterocycles. The zero-order valence-corrected chi connectivity index (χ0v) is 13.1. The number of nitrogens with one attached hydrogen (secondary N) is 1. The van der Waals surface area contributed by atoms with E-state index >= 15 is 0 Å². The highest BCUT2D eigenvalue weighted by Crippen LogP contribution is 2.39. The van der Waals surface area contributed by atoms with Gasteiger partial charge < -0.3 is 23.8 Å². The lowest BCUT2D eigenvalue weighted by Gasteiger charge is -2.30. The van der Waals surface area contributed by atoms with Crippen LogP contribution in [0.15, 0.2) is 64.2 Å². The average molecular weight is 338 g/mol. The normalized spacial score (nSPS) is 13.0. The van der Waals surface area contributed by atoms with Crippen molar-refractivity contribution in [2.24, 2.45) is 0 Å². The van der Waals surface area contributed by atoms with Gasteiger partial charge in [0, 0.05) is 0 Å². The third-order valence-electron chi connectivity index (χ3n) is 3.89. The fourth-order valence-electron chi connectivity index (χ4n) is 2.69. The van der Waals surface area contributed by atoms with Gasteiger partial charge in [0.2, 0.25) is 0 Å². The highest BCUT2D eigenvalue weighted by molar-refractivity contribution is 6.09. The number of amides is 2. The van der Waals surface area contributed by atoms with Crippen LogP contribution in [0, 0.1) is 0 Å². The van der Waals surface area contributed by atoms with Gasteiger partial charge >= 0.3 is 0 Å². The number of para-hydroxylation sites is 1. The van der Waals surface area contributed by atoms with Gasteiger partial charge in [-0.05, 0) is 24.3 Å². The number of anilines is 2. The van der Waals surface area contributed by atoms with Crippen LogP contribution in [-0.4, -0.2) is 25.0 Å². The highest BCUT2D eigenvalue weighted by Gasteiger charge is 2.27. The summed E-state index contributed by atoms with van der Waals surface area (Å²) >= 11 is 0. The summed E-state index contributed by atoms with van der Waals surface area (Å²) in [4.78, 5) is 26.5. The molecule has 0 fully saturated rings. The third kappa shape index (κ3) is 2.76. The highest BCUT2D eigenvalue weighted by atomic mass is 16.5. The molecule has 2 amide bonds. The van der Waals surface area contributed by atoms with E-state index in [1.165, 1.54) is 25.1 Å². The van der Waals surface area contributed by atoms with E-state index in [1.54, 1.807) is 35.2 Å². The molecule has 0 atom stereocenters. The maximum Gasteiger partial charge on any atom is 0.261 e. The molecule has 7 heteroatoms. The Morgan fingerprint density at radius 1 is 1.00 bits per heavy atom. The Bertz CT molecular complexity index is 900. The van der Waals surface area contributed by atoms with Crippen molar-refractivity contribution in [1.29, 1.82) is 0 Å². The van der Waals surface area contributed by atoms with Gasteiger partial charge in [-0.1, -0.05) is 6.07 Å². The number of hydrogen-bond donors (Lipinski definition) is 1. The first-order valence-corrected chi connectivity index (χ1v) is 7.67. The lowest BCUT2D eigenvalue weighted by atomic mass is 10.1. The molecule has 126 valence electrons. The third-order valence-corrected chi connectivity index (χ3v) is 3.89. The van der Waals surface area contributed by atoms with Gasteiger partial charge in [-0.15, -0.1) is 0 Å². The number of nitrogens with zero attached hydrogens (tertiary/aromatic N) is 1. The predicted octanol–water partition coefficient (Wildman–Crippen LogP) is 3.16. The monoisotopic (exact) mass is 338 g/mol. The Morgan fingerprint density at radius 2 is 1.76 bits per heavy atom. The van der Waals surface area contributed by atoms with Crippen LogP contribution in [0.1, 0.15) is 20.7 Å². The number of fused-ring (bicyclic) bond motifs is 1. The quantitative estimate of drug-likeness (QED) is 0.793. The van der Waals surface area contributed by atoms with E-state index in [2.05, 4.69) is 5.32 Å². The van der Waals surface area contributed by atoms with Crippen LogP contribution in [0.5, 0.6) is 5.75 Å². The van der Waals surface area contributed by atoms with Crippen molar-refractivity contribution in [3.63, 3.8) is 0 Å². The SMILES string of the molecule is O=C(Nc1cccc2c1OCCN2C(=O)c1ccoc1)c1ccoc1. The zero-order valence-electron chi connectivity index (χ0n) is 13.1. The van der Waals surface area contributed by atoms with E-state index in [9.17, 15) is 9.59 Å². The van der Waals surface area contributed by atoms with Gasteiger partial charge in [0.1, 0.15) is 19.1 Å². The summed E-state index contributed by atoms with van der Waals surface area (Å²) < 4.78 is 15.6. The molecular formula is C18H14N2O5. The molecule has 1 N–H and O–H groups in total. The van der Waals surface area contributed by atoms with Crippen molar-refractivity contribution in [3.8, 4) is 5.75 Å². The lowest BCUT2D eigenvalue weighted by Crippen LogP contribution is -2.38. The first-order chi connectivity index (χ1) is 12.2. The van der Waals surface area contributed by atoms with Crippen LogP contribution >= 0.6 is 0 Å². The molecule has 1 aromatic carbocycles. The summed E-state index contributed by atoms with van der Waals surface area (Å²) in [6.07, 6.45) is 5.65. The van der Waals surface area contributed by atoms with E-state index in [0.29, 0.717) is 41.4 Å². The predicted molar refractivity (Wildman–Crippen MR) is 89.0 cm³/mol. The largest absolute Gasteiger partial charge is 0.487 e. The van der Waals surface area contributed by atoms with Gasteiger partial charge in [0.25, 0.3) is 11.8 Å². The van der Waals surface area contributed by atoms with E-state index in [1.807, 2.05) is 0 Å². The molecule has 25 heavy (non-hydrogen) atoms. The second-order valence-electron chi connectivity index (χ2n) is 5.44. The Hall–Kier alpha value is -3.48. The topological polar surface area (TPSA) is 84.9 Å². The molecule has 4 rings (SSSR count). The summed E-state index contributed by atoms with van der Waals surface area (Å²) in [5.74, 6) is -0.0388. The smallest absolute Gasteiger partial charge is 0.261 e. The van der Waals surface area contributed by atoms with Gasteiger partial charge in [-0.3, -0.25) is 9.59 Å². The van der Waals surface area contributed by atoms with Crippen molar-refractivity contribution in [3.05, 3.63) is 66.5 Å². The molecular weight excluding hydrogens is 324 g/mol. The maximum atomic E-state index is 12.7. The summed E-state index contributed by atoms with van der Waals surface area (Å²) in [5, 5.41) is 2.79. The van der Waals surface area contributed by atoms with Crippen molar-refractivity contribution in [2.75, 3.05) is 23.4 Å². The van der Waals surface area contributed by atoms with Crippen molar-refractivity contribution >= 4 is 23.2 Å². The molecule has 0 saturated carbocycles. The standard InChI is InChI=1S/C18H14N2O5/c21-17(12-4-7-23-10-12)19-14-2-1-3-15-16(14)25-9-6-20(15)18(22)13-5-8-24-11-13/h1-5,7-8,10-11H,6,9H2,(H,19,21). The van der Waals surface area contributed by atoms with Crippen LogP contribution in [0.4, 0.5) is 11.4 Å². The molecule has 7 nitrogen and oxygen atoms in total. The Balaban J connectivity index is 1.65. The Labute approximate surface area is 142 Å². The molecule has 3 heterocycles. The van der Waals surface area contributed by atoms with E-state index in [0.717, 1.165) is 0 Å². The fourth-order valence-corrected chi connectivity index (χ4v) is 2.69. The van der Waals surface area contributed by atoms with Gasteiger partial charge in [-0.25, -0.2) is 0 Å². The van der Waals surface area contributed by atoms with Crippen molar-refractivity contribution in [2.45, 2.75) is 0 Å². The number of carbonyl (C=O) groups excluding carboxylic acids is 2. The summed E-state index contributed by atoms with van der Waals surface area (Å²) in [6.45, 7) is 0.741. The van der Waals surface area contributed by atoms with Gasteiger partial charge in [-0.2, -0.15) is 0 Å². The maximum absolute atomic E-state index is 12.7. The van der Waals surface area contributed by atoms with E-state index in [-0.39, 0.29) is 11.8 Å². The number of ether oxygens (including phenoxy) is 1. The molecule has 0 radical (unpaired) electrons. The molecule has 1 aliphatic rings. The zero-order chi connectivity index (χ0) is 17.2. The second-order valence-corrected chi connectivity index (χ2v) is 5.44. The second kappa shape index (κ2) is 6.20. The minimum atomic E-state index is -0.316. The summed E-state index contributed by atoms with van der Waals surface area (Å²) in [6, 6.07) is 8.44. The van der Waals surface area contributed by atoms with Crippen LogP contribution in [-0.2, 0) is 0 Å². The van der Waals surface area contributed by atoms with Gasteiger partial charge in [0.15, 0.2) is 5.75 Å². The molecule has 0 bridgehead atoms. The van der Waals surface area contributed by atoms with Gasteiger partial charge in [0.05, 0.1) is 41.6 Å². The van der Waals surface area contributed by atoms with Crippen LogP contribution < -0.4 is 15.0 Å². The molecule has 0 spiro atoms. The number of rotatable bonds is 3.